The average Bonchev–Trinajstić information content (AvgIpc) is 3.21. The van der Waals surface area contributed by atoms with E-state index in [0.717, 1.165) is 56.4 Å². The molecule has 1 N–H and O–H groups in total. The fourth-order valence-corrected chi connectivity index (χ4v) is 10.5. The third-order valence-corrected chi connectivity index (χ3v) is 12.1. The molecule has 4 nitrogen and oxygen atoms in total. The molecule has 0 radical (unpaired) electrons. The number of ether oxygens (including phenoxy) is 1. The molecule has 6 rings (SSSR count). The van der Waals surface area contributed by atoms with E-state index in [1.807, 2.05) is 0 Å². The summed E-state index contributed by atoms with van der Waals surface area (Å²) in [5.74, 6) is 3.95. The largest absolute Gasteiger partial charge is 0.393 e. The molecule has 2 aliphatic heterocycles. The number of amides is 1. The van der Waals surface area contributed by atoms with Gasteiger partial charge in [-0.25, -0.2) is 0 Å². The normalized spacial score (nSPS) is 55.5. The molecule has 4 aliphatic carbocycles. The van der Waals surface area contributed by atoms with Gasteiger partial charge in [0.05, 0.1) is 12.2 Å². The van der Waals surface area contributed by atoms with Crippen LogP contribution in [-0.4, -0.2) is 40.4 Å². The van der Waals surface area contributed by atoms with E-state index in [1.54, 1.807) is 12.5 Å². The number of carbonyl (C=O) groups excluding carboxylic acids is 1. The quantitative estimate of drug-likeness (QED) is 0.488. The van der Waals surface area contributed by atoms with Crippen LogP contribution < -0.4 is 0 Å². The standard InChI is InChI=1S/C29H45NO3/c1-17-8-13-29(30(16-17)19(3)31)18(2)26-25(33-29)15-24-22-7-6-20-14-21(32)9-11-27(20,4)23(22)10-12-28(24,26)5/h6,17-18,21-26,32H,7-16H2,1-5H3/t17-,18-,21-,22+,23-,24-,25-,26?,27-,28-,29+/m0/s1. The van der Waals surface area contributed by atoms with Crippen molar-refractivity contribution in [1.29, 1.82) is 0 Å². The smallest absolute Gasteiger partial charge is 0.221 e. The molecule has 0 bridgehead atoms. The van der Waals surface area contributed by atoms with Crippen LogP contribution in [0.15, 0.2) is 11.6 Å². The van der Waals surface area contributed by atoms with Crippen LogP contribution in [0, 0.1) is 46.3 Å². The highest BCUT2D eigenvalue weighted by Gasteiger charge is 2.69. The molecule has 11 atom stereocenters. The van der Waals surface area contributed by atoms with Crippen molar-refractivity contribution in [1.82, 2.24) is 4.90 Å². The molecule has 0 aromatic carbocycles. The number of carbonyl (C=O) groups is 1. The first kappa shape index (κ1) is 22.6. The molecular formula is C29H45NO3. The molecule has 2 heterocycles. The number of aliphatic hydroxyl groups excluding tert-OH is 1. The van der Waals surface area contributed by atoms with Crippen LogP contribution in [0.2, 0.25) is 0 Å². The van der Waals surface area contributed by atoms with E-state index in [0.29, 0.717) is 34.7 Å². The summed E-state index contributed by atoms with van der Waals surface area (Å²) in [7, 11) is 0. The fraction of sp³-hybridized carbons (Fsp3) is 0.897. The first-order chi connectivity index (χ1) is 15.6. The predicted molar refractivity (Wildman–Crippen MR) is 129 cm³/mol. The maximum Gasteiger partial charge on any atom is 0.221 e. The van der Waals surface area contributed by atoms with Gasteiger partial charge >= 0.3 is 0 Å². The lowest BCUT2D eigenvalue weighted by atomic mass is 9.47. The Bertz CT molecular complexity index is 869. The van der Waals surface area contributed by atoms with Gasteiger partial charge in [0, 0.05) is 19.4 Å². The number of nitrogens with zero attached hydrogens (tertiary/aromatic N) is 1. The fourth-order valence-electron chi connectivity index (χ4n) is 10.5. The Kier molecular flexibility index (Phi) is 5.01. The number of piperidine rings is 1. The average molecular weight is 456 g/mol. The maximum absolute atomic E-state index is 12.7. The van der Waals surface area contributed by atoms with Gasteiger partial charge in [0.2, 0.25) is 5.91 Å². The second-order valence-electron chi connectivity index (χ2n) is 13.5. The van der Waals surface area contributed by atoms with Gasteiger partial charge in [-0.1, -0.05) is 39.3 Å². The third-order valence-electron chi connectivity index (χ3n) is 12.1. The van der Waals surface area contributed by atoms with E-state index >= 15 is 0 Å². The van der Waals surface area contributed by atoms with Crippen molar-refractivity contribution in [2.24, 2.45) is 46.3 Å². The number of aliphatic hydroxyl groups is 1. The van der Waals surface area contributed by atoms with Crippen LogP contribution in [0.5, 0.6) is 0 Å². The molecule has 1 unspecified atom stereocenters. The zero-order valence-electron chi connectivity index (χ0n) is 21.5. The molecule has 1 amide bonds. The summed E-state index contributed by atoms with van der Waals surface area (Å²) < 4.78 is 7.09. The van der Waals surface area contributed by atoms with Gasteiger partial charge in [-0.2, -0.15) is 0 Å². The third kappa shape index (κ3) is 2.92. The van der Waals surface area contributed by atoms with Crippen LogP contribution in [-0.2, 0) is 9.53 Å². The first-order valence-electron chi connectivity index (χ1n) is 13.9. The number of fused-ring (bicyclic) bond motifs is 7. The molecule has 0 aromatic heterocycles. The number of hydrogen-bond donors (Lipinski definition) is 1. The Morgan fingerprint density at radius 3 is 2.67 bits per heavy atom. The molecule has 5 fully saturated rings. The van der Waals surface area contributed by atoms with Gasteiger partial charge in [0.25, 0.3) is 0 Å². The molecule has 2 saturated heterocycles. The van der Waals surface area contributed by atoms with E-state index in [-0.39, 0.29) is 17.7 Å². The van der Waals surface area contributed by atoms with Crippen LogP contribution >= 0.6 is 0 Å². The lowest BCUT2D eigenvalue weighted by Crippen LogP contribution is -2.60. The lowest BCUT2D eigenvalue weighted by molar-refractivity contribution is -0.200. The minimum Gasteiger partial charge on any atom is -0.393 e. The molecule has 3 saturated carbocycles. The SMILES string of the molecule is CC(=O)N1C[C@@H](C)CC[C@]12O[C@H]1C[C@H]3[C@@H]4CC=C5C[C@@H](O)CC[C@]5(C)[C@H]4CC[C@]3(C)C1[C@@H]2C. The van der Waals surface area contributed by atoms with E-state index in [1.165, 1.54) is 25.7 Å². The van der Waals surface area contributed by atoms with E-state index < -0.39 is 0 Å². The zero-order chi connectivity index (χ0) is 23.3. The molecule has 33 heavy (non-hydrogen) atoms. The van der Waals surface area contributed by atoms with Gasteiger partial charge in [-0.3, -0.25) is 4.79 Å². The summed E-state index contributed by atoms with van der Waals surface area (Å²) >= 11 is 0. The Labute approximate surface area is 200 Å². The minimum atomic E-state index is -0.371. The van der Waals surface area contributed by atoms with E-state index in [9.17, 15) is 9.90 Å². The Balaban J connectivity index is 1.30. The summed E-state index contributed by atoms with van der Waals surface area (Å²) in [5, 5.41) is 10.3. The van der Waals surface area contributed by atoms with Crippen molar-refractivity contribution in [2.45, 2.75) is 110 Å². The molecule has 184 valence electrons. The van der Waals surface area contributed by atoms with Crippen molar-refractivity contribution < 1.29 is 14.6 Å². The van der Waals surface area contributed by atoms with Gasteiger partial charge < -0.3 is 14.7 Å². The second-order valence-corrected chi connectivity index (χ2v) is 13.5. The van der Waals surface area contributed by atoms with Crippen molar-refractivity contribution in [3.8, 4) is 0 Å². The van der Waals surface area contributed by atoms with Crippen molar-refractivity contribution in [3.63, 3.8) is 0 Å². The van der Waals surface area contributed by atoms with Gasteiger partial charge in [0.1, 0.15) is 5.72 Å². The second kappa shape index (κ2) is 7.32. The van der Waals surface area contributed by atoms with Crippen molar-refractivity contribution in [3.05, 3.63) is 11.6 Å². The Morgan fingerprint density at radius 1 is 1.12 bits per heavy atom. The molecule has 1 spiro atoms. The number of likely N-dealkylation sites (tertiary alicyclic amines) is 1. The molecular weight excluding hydrogens is 410 g/mol. The topological polar surface area (TPSA) is 49.8 Å². The van der Waals surface area contributed by atoms with Crippen molar-refractivity contribution in [2.75, 3.05) is 6.54 Å². The zero-order valence-corrected chi connectivity index (χ0v) is 21.5. The van der Waals surface area contributed by atoms with E-state index in [2.05, 4.69) is 38.7 Å². The first-order valence-corrected chi connectivity index (χ1v) is 13.9. The number of hydrogen-bond acceptors (Lipinski definition) is 3. The van der Waals surface area contributed by atoms with Gasteiger partial charge in [-0.15, -0.1) is 0 Å². The minimum absolute atomic E-state index is 0.131. The summed E-state index contributed by atoms with van der Waals surface area (Å²) in [4.78, 5) is 14.9. The summed E-state index contributed by atoms with van der Waals surface area (Å²) in [5.41, 5.74) is 1.79. The Morgan fingerprint density at radius 2 is 1.91 bits per heavy atom. The number of allylic oxidation sites excluding steroid dienone is 1. The maximum atomic E-state index is 12.7. The van der Waals surface area contributed by atoms with Crippen LogP contribution in [0.1, 0.15) is 92.4 Å². The van der Waals surface area contributed by atoms with E-state index in [4.69, 9.17) is 4.74 Å². The Hall–Kier alpha value is -0.870. The predicted octanol–water partition coefficient (Wildman–Crippen LogP) is 5.55. The molecule has 0 aromatic rings. The lowest BCUT2D eigenvalue weighted by Gasteiger charge is -2.59. The van der Waals surface area contributed by atoms with Crippen LogP contribution in [0.4, 0.5) is 0 Å². The van der Waals surface area contributed by atoms with Gasteiger partial charge in [0.15, 0.2) is 0 Å². The molecule has 4 heteroatoms. The van der Waals surface area contributed by atoms with Crippen LogP contribution in [0.3, 0.4) is 0 Å². The highest BCUT2D eigenvalue weighted by molar-refractivity contribution is 5.74. The monoisotopic (exact) mass is 455 g/mol. The summed E-state index contributed by atoms with van der Waals surface area (Å²) in [6.45, 7) is 12.4. The van der Waals surface area contributed by atoms with Crippen LogP contribution in [0.25, 0.3) is 0 Å². The highest BCUT2D eigenvalue weighted by Crippen LogP contribution is 2.70. The number of rotatable bonds is 0. The highest BCUT2D eigenvalue weighted by atomic mass is 16.5. The van der Waals surface area contributed by atoms with Crippen molar-refractivity contribution >= 4 is 5.91 Å². The summed E-state index contributed by atoms with van der Waals surface area (Å²) in [6.07, 6.45) is 12.9. The molecule has 6 aliphatic rings. The van der Waals surface area contributed by atoms with Gasteiger partial charge in [-0.05, 0) is 98.2 Å². The summed E-state index contributed by atoms with van der Waals surface area (Å²) in [6, 6.07) is 0.